The average molecular weight is 561 g/mol. The van der Waals surface area contributed by atoms with E-state index in [1.807, 2.05) is 36.4 Å². The zero-order valence-corrected chi connectivity index (χ0v) is 21.6. The van der Waals surface area contributed by atoms with Gasteiger partial charge in [-0.3, -0.25) is 19.9 Å². The van der Waals surface area contributed by atoms with Crippen LogP contribution < -0.4 is 16.0 Å². The predicted molar refractivity (Wildman–Crippen MR) is 147 cm³/mol. The van der Waals surface area contributed by atoms with Gasteiger partial charge in [0, 0.05) is 21.7 Å². The van der Waals surface area contributed by atoms with Crippen molar-refractivity contribution in [3.8, 4) is 0 Å². The normalized spacial score (nSPS) is 11.4. The minimum atomic E-state index is -0.593. The summed E-state index contributed by atoms with van der Waals surface area (Å²) in [5.74, 6) is -1.01. The third kappa shape index (κ3) is 6.71. The van der Waals surface area contributed by atoms with Crippen LogP contribution in [0.3, 0.4) is 0 Å². The van der Waals surface area contributed by atoms with Crippen LogP contribution in [0.25, 0.3) is 10.8 Å². The van der Waals surface area contributed by atoms with Gasteiger partial charge in [0.1, 0.15) is 12.3 Å². The topological polar surface area (TPSA) is 109 Å². The van der Waals surface area contributed by atoms with E-state index < -0.39 is 12.0 Å². The maximum Gasteiger partial charge on any atom is 0.411 e. The summed E-state index contributed by atoms with van der Waals surface area (Å²) in [4.78, 5) is 41.2. The Hall–Kier alpha value is -4.24. The molecule has 0 saturated carbocycles. The average Bonchev–Trinajstić information content (AvgIpc) is 2.91. The van der Waals surface area contributed by atoms with Gasteiger partial charge in [0.15, 0.2) is 0 Å². The van der Waals surface area contributed by atoms with Crippen LogP contribution in [0.2, 0.25) is 0 Å². The minimum absolute atomic E-state index is 0.0225. The Balaban J connectivity index is 1.25. The van der Waals surface area contributed by atoms with E-state index in [0.717, 1.165) is 16.3 Å². The highest BCUT2D eigenvalue weighted by atomic mass is 79.9. The van der Waals surface area contributed by atoms with E-state index in [1.54, 1.807) is 55.6 Å². The molecule has 37 heavy (non-hydrogen) atoms. The van der Waals surface area contributed by atoms with Gasteiger partial charge in [-0.25, -0.2) is 4.79 Å². The minimum Gasteiger partial charge on any atom is -0.447 e. The molecule has 3 aromatic carbocycles. The van der Waals surface area contributed by atoms with Crippen LogP contribution in [0.15, 0.2) is 89.5 Å². The lowest BCUT2D eigenvalue weighted by atomic mass is 10.00. The Morgan fingerprint density at radius 3 is 2.51 bits per heavy atom. The lowest BCUT2D eigenvalue weighted by molar-refractivity contribution is -0.122. The highest BCUT2D eigenvalue weighted by Crippen LogP contribution is 2.28. The number of hydrogen-bond acceptors (Lipinski definition) is 5. The van der Waals surface area contributed by atoms with Crippen molar-refractivity contribution in [2.45, 2.75) is 12.8 Å². The van der Waals surface area contributed by atoms with Gasteiger partial charge in [0.2, 0.25) is 5.91 Å². The molecule has 0 spiro atoms. The van der Waals surface area contributed by atoms with Crippen molar-refractivity contribution in [1.29, 1.82) is 0 Å². The van der Waals surface area contributed by atoms with Gasteiger partial charge in [-0.15, -0.1) is 0 Å². The van der Waals surface area contributed by atoms with Gasteiger partial charge < -0.3 is 15.4 Å². The van der Waals surface area contributed by atoms with Crippen molar-refractivity contribution in [3.63, 3.8) is 0 Å². The number of halogens is 1. The summed E-state index contributed by atoms with van der Waals surface area (Å²) in [7, 11) is 0. The maximum absolute atomic E-state index is 12.7. The van der Waals surface area contributed by atoms with E-state index in [9.17, 15) is 14.4 Å². The number of anilines is 2. The maximum atomic E-state index is 12.7. The first kappa shape index (κ1) is 25.8. The summed E-state index contributed by atoms with van der Waals surface area (Å²) in [5, 5.41) is 10.2. The van der Waals surface area contributed by atoms with E-state index in [0.29, 0.717) is 21.5 Å². The molecule has 4 aromatic rings. The second-order valence-corrected chi connectivity index (χ2v) is 9.06. The largest absolute Gasteiger partial charge is 0.447 e. The summed E-state index contributed by atoms with van der Waals surface area (Å²) >= 11 is 3.49. The standard InChI is InChI=1S/C28H25BrN4O4/c1-18(21-13-12-20(17-23(21)29)32-27(35)25-10-4-5-14-30-25)26(34)31-15-16-37-28(36)33-24-11-6-8-19-7-2-3-9-22(19)24/h2-14,17-18H,15-16H2,1H3,(H,31,34)(H,32,35)(H,33,36). The van der Waals surface area contributed by atoms with Crippen LogP contribution in [0.4, 0.5) is 16.2 Å². The molecule has 188 valence electrons. The third-order valence-electron chi connectivity index (χ3n) is 5.68. The van der Waals surface area contributed by atoms with Crippen LogP contribution >= 0.6 is 15.9 Å². The Morgan fingerprint density at radius 1 is 0.946 bits per heavy atom. The second kappa shape index (κ2) is 12.1. The first-order chi connectivity index (χ1) is 17.9. The molecule has 0 saturated heterocycles. The summed E-state index contributed by atoms with van der Waals surface area (Å²) in [6.45, 7) is 1.96. The molecule has 8 nitrogen and oxygen atoms in total. The highest BCUT2D eigenvalue weighted by molar-refractivity contribution is 9.10. The number of amides is 3. The van der Waals surface area contributed by atoms with Crippen molar-refractivity contribution in [2.24, 2.45) is 0 Å². The molecule has 0 radical (unpaired) electrons. The van der Waals surface area contributed by atoms with Crippen LogP contribution in [-0.2, 0) is 9.53 Å². The lowest BCUT2D eigenvalue weighted by Crippen LogP contribution is -2.32. The summed E-state index contributed by atoms with van der Waals surface area (Å²) < 4.78 is 5.90. The quantitative estimate of drug-likeness (QED) is 0.239. The van der Waals surface area contributed by atoms with Gasteiger partial charge in [-0.1, -0.05) is 64.5 Å². The van der Waals surface area contributed by atoms with E-state index in [1.165, 1.54) is 0 Å². The zero-order chi connectivity index (χ0) is 26.2. The number of pyridine rings is 1. The molecule has 1 heterocycles. The van der Waals surface area contributed by atoms with Crippen LogP contribution in [0, 0.1) is 0 Å². The van der Waals surface area contributed by atoms with E-state index in [2.05, 4.69) is 36.9 Å². The lowest BCUT2D eigenvalue weighted by Gasteiger charge is -2.16. The molecule has 0 aliphatic rings. The number of rotatable bonds is 8. The first-order valence-corrected chi connectivity index (χ1v) is 12.4. The number of hydrogen-bond donors (Lipinski definition) is 3. The fourth-order valence-electron chi connectivity index (χ4n) is 3.74. The number of fused-ring (bicyclic) bond motifs is 1. The number of aromatic nitrogens is 1. The van der Waals surface area contributed by atoms with E-state index in [4.69, 9.17) is 4.74 Å². The van der Waals surface area contributed by atoms with E-state index >= 15 is 0 Å². The number of carbonyl (C=O) groups excluding carboxylic acids is 3. The number of nitrogens with one attached hydrogen (secondary N) is 3. The SMILES string of the molecule is CC(C(=O)NCCOC(=O)Nc1cccc2ccccc12)c1ccc(NC(=O)c2ccccn2)cc1Br. The van der Waals surface area contributed by atoms with Crippen LogP contribution in [-0.4, -0.2) is 36.0 Å². The van der Waals surface area contributed by atoms with Crippen molar-refractivity contribution >= 4 is 56.0 Å². The Labute approximate surface area is 222 Å². The Bertz CT molecular complexity index is 1420. The van der Waals surface area contributed by atoms with Crippen LogP contribution in [0.5, 0.6) is 0 Å². The molecule has 3 N–H and O–H groups in total. The van der Waals surface area contributed by atoms with Gasteiger partial charge in [-0.05, 0) is 48.2 Å². The molecule has 1 atom stereocenters. The van der Waals surface area contributed by atoms with Gasteiger partial charge in [-0.2, -0.15) is 0 Å². The summed E-state index contributed by atoms with van der Waals surface area (Å²) in [5.41, 5.74) is 2.29. The van der Waals surface area contributed by atoms with Crippen LogP contribution in [0.1, 0.15) is 28.9 Å². The molecule has 3 amide bonds. The smallest absolute Gasteiger partial charge is 0.411 e. The Kier molecular flexibility index (Phi) is 8.48. The van der Waals surface area contributed by atoms with Crippen molar-refractivity contribution in [3.05, 3.63) is 101 Å². The first-order valence-electron chi connectivity index (χ1n) is 11.6. The number of benzene rings is 3. The number of nitrogens with zero attached hydrogens (tertiary/aromatic N) is 1. The number of ether oxygens (including phenoxy) is 1. The molecular formula is C28H25BrN4O4. The van der Waals surface area contributed by atoms with Gasteiger partial charge >= 0.3 is 6.09 Å². The monoisotopic (exact) mass is 560 g/mol. The summed E-state index contributed by atoms with van der Waals surface area (Å²) in [6, 6.07) is 23.7. The van der Waals surface area contributed by atoms with Crippen molar-refractivity contribution in [1.82, 2.24) is 10.3 Å². The van der Waals surface area contributed by atoms with E-state index in [-0.39, 0.29) is 25.0 Å². The molecule has 0 bridgehead atoms. The van der Waals surface area contributed by atoms with Crippen molar-refractivity contribution in [2.75, 3.05) is 23.8 Å². The third-order valence-corrected chi connectivity index (χ3v) is 6.36. The summed E-state index contributed by atoms with van der Waals surface area (Å²) in [6.07, 6.45) is 0.959. The fraction of sp³-hybridized carbons (Fsp3) is 0.143. The molecule has 4 rings (SSSR count). The number of carbonyl (C=O) groups is 3. The second-order valence-electron chi connectivity index (χ2n) is 8.21. The zero-order valence-electron chi connectivity index (χ0n) is 20.0. The highest BCUT2D eigenvalue weighted by Gasteiger charge is 2.18. The van der Waals surface area contributed by atoms with Gasteiger partial charge in [0.25, 0.3) is 5.91 Å². The fourth-order valence-corrected chi connectivity index (χ4v) is 4.46. The Morgan fingerprint density at radius 2 is 1.73 bits per heavy atom. The predicted octanol–water partition coefficient (Wildman–Crippen LogP) is 5.72. The molecule has 0 aliphatic heterocycles. The molecule has 0 fully saturated rings. The molecular weight excluding hydrogens is 536 g/mol. The molecule has 0 aliphatic carbocycles. The van der Waals surface area contributed by atoms with Gasteiger partial charge in [0.05, 0.1) is 18.2 Å². The van der Waals surface area contributed by atoms with Crippen molar-refractivity contribution < 1.29 is 19.1 Å². The molecule has 1 aromatic heterocycles. The molecule has 1 unspecified atom stereocenters. The molecule has 9 heteroatoms.